The number of carboxylic acid groups (broad SMARTS) is 1. The van der Waals surface area contributed by atoms with E-state index >= 15 is 0 Å². The monoisotopic (exact) mass is 382 g/mol. The molecule has 1 N–H and O–H groups in total. The molecule has 2 aliphatic rings. The average molecular weight is 383 g/mol. The van der Waals surface area contributed by atoms with Crippen LogP contribution in [0.1, 0.15) is 41.2 Å². The van der Waals surface area contributed by atoms with Crippen molar-refractivity contribution in [3.8, 4) is 0 Å². The largest absolute Gasteiger partial charge is 0.481 e. The first kappa shape index (κ1) is 19.5. The minimum Gasteiger partial charge on any atom is -0.481 e. The Balaban J connectivity index is 0.00000113. The number of benzene rings is 1. The molecule has 134 valence electrons. The standard InChI is InChI=1S/C18H18N2O3.2ClH/c21-17(20-8-7-12(10-20)18(22)23)14-9-16(11-5-6-11)19-15-4-2-1-3-13(14)15;;/h1-4,9,11-12H,5-8,10H2,(H,22,23);2*1H. The van der Waals surface area contributed by atoms with Gasteiger partial charge in [-0.05, 0) is 31.4 Å². The molecule has 1 aromatic carbocycles. The maximum absolute atomic E-state index is 12.9. The van der Waals surface area contributed by atoms with Crippen molar-refractivity contribution in [1.82, 2.24) is 9.88 Å². The van der Waals surface area contributed by atoms with Crippen LogP contribution in [0.4, 0.5) is 0 Å². The highest BCUT2D eigenvalue weighted by molar-refractivity contribution is 6.06. The molecule has 1 aliphatic heterocycles. The minimum absolute atomic E-state index is 0. The Bertz CT molecular complexity index is 808. The number of aromatic nitrogens is 1. The molecule has 5 nitrogen and oxygen atoms in total. The zero-order valence-electron chi connectivity index (χ0n) is 13.6. The van der Waals surface area contributed by atoms with Crippen molar-refractivity contribution in [2.24, 2.45) is 5.92 Å². The van der Waals surface area contributed by atoms with Gasteiger partial charge in [-0.3, -0.25) is 14.6 Å². The summed E-state index contributed by atoms with van der Waals surface area (Å²) < 4.78 is 0. The van der Waals surface area contributed by atoms with Gasteiger partial charge in [0.1, 0.15) is 0 Å². The van der Waals surface area contributed by atoms with Crippen LogP contribution in [0.25, 0.3) is 10.9 Å². The number of nitrogens with zero attached hydrogens (tertiary/aromatic N) is 2. The van der Waals surface area contributed by atoms with Gasteiger partial charge in [-0.1, -0.05) is 18.2 Å². The second-order valence-electron chi connectivity index (χ2n) is 6.46. The van der Waals surface area contributed by atoms with Crippen LogP contribution in [0.2, 0.25) is 0 Å². The lowest BCUT2D eigenvalue weighted by Crippen LogP contribution is -2.30. The number of pyridine rings is 1. The zero-order valence-corrected chi connectivity index (χ0v) is 15.2. The van der Waals surface area contributed by atoms with E-state index in [-0.39, 0.29) is 30.7 Å². The Labute approximate surface area is 158 Å². The summed E-state index contributed by atoms with van der Waals surface area (Å²) in [5, 5.41) is 9.98. The lowest BCUT2D eigenvalue weighted by atomic mass is 10.0. The number of carbonyl (C=O) groups excluding carboxylic acids is 1. The summed E-state index contributed by atoms with van der Waals surface area (Å²) in [5.74, 6) is -0.876. The summed E-state index contributed by atoms with van der Waals surface area (Å²) in [7, 11) is 0. The Morgan fingerprint density at radius 1 is 1.12 bits per heavy atom. The molecule has 1 saturated heterocycles. The number of carbonyl (C=O) groups is 2. The molecule has 0 bridgehead atoms. The van der Waals surface area contributed by atoms with Crippen LogP contribution in [-0.4, -0.2) is 40.0 Å². The fourth-order valence-corrected chi connectivity index (χ4v) is 3.28. The van der Waals surface area contributed by atoms with Crippen LogP contribution in [0.5, 0.6) is 0 Å². The van der Waals surface area contributed by atoms with Gasteiger partial charge < -0.3 is 10.0 Å². The number of rotatable bonds is 3. The highest BCUT2D eigenvalue weighted by atomic mass is 35.5. The summed E-state index contributed by atoms with van der Waals surface area (Å²) >= 11 is 0. The highest BCUT2D eigenvalue weighted by Crippen LogP contribution is 2.40. The van der Waals surface area contributed by atoms with Gasteiger partial charge in [0.15, 0.2) is 0 Å². The van der Waals surface area contributed by atoms with Crippen molar-refractivity contribution in [3.63, 3.8) is 0 Å². The molecule has 2 heterocycles. The van der Waals surface area contributed by atoms with Crippen molar-refractivity contribution in [2.45, 2.75) is 25.2 Å². The van der Waals surface area contributed by atoms with E-state index in [4.69, 9.17) is 5.11 Å². The fourth-order valence-electron chi connectivity index (χ4n) is 3.28. The first-order valence-electron chi connectivity index (χ1n) is 8.05. The van der Waals surface area contributed by atoms with Crippen LogP contribution >= 0.6 is 24.8 Å². The molecular weight excluding hydrogens is 363 g/mol. The average Bonchev–Trinajstić information content (AvgIpc) is 3.29. The van der Waals surface area contributed by atoms with E-state index < -0.39 is 11.9 Å². The lowest BCUT2D eigenvalue weighted by molar-refractivity contribution is -0.141. The summed E-state index contributed by atoms with van der Waals surface area (Å²) in [5.41, 5.74) is 2.49. The Morgan fingerprint density at radius 3 is 2.48 bits per heavy atom. The van der Waals surface area contributed by atoms with Gasteiger partial charge in [-0.25, -0.2) is 0 Å². The molecule has 1 amide bonds. The van der Waals surface area contributed by atoms with Gasteiger partial charge >= 0.3 is 5.97 Å². The number of fused-ring (bicyclic) bond motifs is 1. The highest BCUT2D eigenvalue weighted by Gasteiger charge is 2.33. The van der Waals surface area contributed by atoms with Crippen molar-refractivity contribution < 1.29 is 14.7 Å². The third-order valence-electron chi connectivity index (χ3n) is 4.79. The van der Waals surface area contributed by atoms with Crippen LogP contribution < -0.4 is 0 Å². The lowest BCUT2D eigenvalue weighted by Gasteiger charge is -2.18. The predicted octanol–water partition coefficient (Wildman–Crippen LogP) is 3.50. The number of likely N-dealkylation sites (tertiary alicyclic amines) is 1. The number of aliphatic carboxylic acids is 1. The maximum Gasteiger partial charge on any atom is 0.308 e. The van der Waals surface area contributed by atoms with E-state index in [1.807, 2.05) is 30.3 Å². The van der Waals surface area contributed by atoms with Gasteiger partial charge in [-0.2, -0.15) is 0 Å². The number of halogens is 2. The quantitative estimate of drug-likeness (QED) is 0.881. The van der Waals surface area contributed by atoms with Crippen LogP contribution in [0.3, 0.4) is 0 Å². The molecule has 4 rings (SSSR count). The Morgan fingerprint density at radius 2 is 1.84 bits per heavy atom. The van der Waals surface area contributed by atoms with Crippen molar-refractivity contribution >= 4 is 47.6 Å². The molecule has 25 heavy (non-hydrogen) atoms. The second kappa shape index (κ2) is 7.58. The van der Waals surface area contributed by atoms with Gasteiger partial charge in [0.25, 0.3) is 5.91 Å². The molecule has 1 unspecified atom stereocenters. The summed E-state index contributed by atoms with van der Waals surface area (Å²) in [6.07, 6.45) is 2.78. The molecule has 1 saturated carbocycles. The molecule has 2 aromatic rings. The minimum atomic E-state index is -0.821. The van der Waals surface area contributed by atoms with E-state index in [0.717, 1.165) is 29.4 Å². The van der Waals surface area contributed by atoms with Crippen molar-refractivity contribution in [3.05, 3.63) is 41.6 Å². The maximum atomic E-state index is 12.9. The fraction of sp³-hybridized carbons (Fsp3) is 0.389. The summed E-state index contributed by atoms with van der Waals surface area (Å²) in [6.45, 7) is 0.800. The number of carboxylic acids is 1. The molecule has 0 spiro atoms. The van der Waals surface area contributed by atoms with Crippen molar-refractivity contribution in [1.29, 1.82) is 0 Å². The van der Waals surface area contributed by atoms with Gasteiger partial charge in [0.05, 0.1) is 17.0 Å². The normalized spacial score (nSPS) is 19.2. The first-order valence-corrected chi connectivity index (χ1v) is 8.05. The van der Waals surface area contributed by atoms with Gasteiger partial charge in [0.2, 0.25) is 0 Å². The number of amides is 1. The van der Waals surface area contributed by atoms with Crippen LogP contribution in [0, 0.1) is 5.92 Å². The van der Waals surface area contributed by atoms with E-state index in [9.17, 15) is 9.59 Å². The topological polar surface area (TPSA) is 70.5 Å². The SMILES string of the molecule is Cl.Cl.O=C(O)C1CCN(C(=O)c2cc(C3CC3)nc3ccccc23)C1. The number of para-hydroxylation sites is 1. The Kier molecular flexibility index (Phi) is 5.91. The summed E-state index contributed by atoms with van der Waals surface area (Å²) in [6, 6.07) is 9.59. The molecule has 1 aliphatic carbocycles. The second-order valence-corrected chi connectivity index (χ2v) is 6.46. The molecule has 1 atom stereocenters. The molecule has 7 heteroatoms. The van der Waals surface area contributed by atoms with Gasteiger partial charge in [-0.15, -0.1) is 24.8 Å². The van der Waals surface area contributed by atoms with Crippen LogP contribution in [-0.2, 0) is 4.79 Å². The van der Waals surface area contributed by atoms with E-state index in [1.165, 1.54) is 0 Å². The third-order valence-corrected chi connectivity index (χ3v) is 4.79. The third kappa shape index (κ3) is 3.72. The van der Waals surface area contributed by atoms with Crippen LogP contribution in [0.15, 0.2) is 30.3 Å². The molecule has 2 fully saturated rings. The predicted molar refractivity (Wildman–Crippen MR) is 99.9 cm³/mol. The van der Waals surface area contributed by atoms with E-state index in [1.54, 1.807) is 4.90 Å². The van der Waals surface area contributed by atoms with E-state index in [2.05, 4.69) is 4.98 Å². The number of hydrogen-bond donors (Lipinski definition) is 1. The number of hydrogen-bond acceptors (Lipinski definition) is 3. The van der Waals surface area contributed by atoms with Gasteiger partial charge in [0, 0.05) is 30.1 Å². The zero-order chi connectivity index (χ0) is 16.0. The smallest absolute Gasteiger partial charge is 0.308 e. The molecule has 0 radical (unpaired) electrons. The first-order chi connectivity index (χ1) is 11.1. The van der Waals surface area contributed by atoms with E-state index in [0.29, 0.717) is 31.0 Å². The molecule has 1 aromatic heterocycles. The molecular formula is C18H20Cl2N2O3. The van der Waals surface area contributed by atoms with Crippen molar-refractivity contribution in [2.75, 3.05) is 13.1 Å². The Hall–Kier alpha value is -1.85. The summed E-state index contributed by atoms with van der Waals surface area (Å²) in [4.78, 5) is 30.4.